The fourth-order valence-electron chi connectivity index (χ4n) is 3.26. The van der Waals surface area contributed by atoms with Crippen LogP contribution < -0.4 is 14.4 Å². The van der Waals surface area contributed by atoms with Crippen molar-refractivity contribution in [2.24, 2.45) is 0 Å². The van der Waals surface area contributed by atoms with E-state index in [0.717, 1.165) is 20.0 Å². The predicted octanol–water partition coefficient (Wildman–Crippen LogP) is 0.786. The number of anilines is 1. The van der Waals surface area contributed by atoms with Crippen LogP contribution in [0.4, 0.5) is 10.2 Å². The Hall–Kier alpha value is -2.30. The van der Waals surface area contributed by atoms with Gasteiger partial charge in [0.25, 0.3) is 0 Å². The topological polar surface area (TPSA) is 110 Å². The van der Waals surface area contributed by atoms with Gasteiger partial charge in [0.05, 0.1) is 24.9 Å². The first-order valence-corrected chi connectivity index (χ1v) is 8.62. The summed E-state index contributed by atoms with van der Waals surface area (Å²) < 4.78 is 30.9. The molecule has 0 aromatic carbocycles. The SMILES string of the molecule is CO.COc1nc(C)c(F)c2nc(OCO)nc(N3CCCOC4CC43)c12. The van der Waals surface area contributed by atoms with Crippen LogP contribution in [-0.4, -0.2) is 71.5 Å². The minimum Gasteiger partial charge on any atom is -0.480 e. The van der Waals surface area contributed by atoms with Gasteiger partial charge in [-0.15, -0.1) is 0 Å². The number of hydrogen-bond acceptors (Lipinski definition) is 9. The number of nitrogens with zero attached hydrogens (tertiary/aromatic N) is 4. The molecule has 2 fully saturated rings. The molecule has 2 N–H and O–H groups in total. The van der Waals surface area contributed by atoms with Gasteiger partial charge in [-0.05, 0) is 19.8 Å². The fourth-order valence-corrected chi connectivity index (χ4v) is 3.26. The van der Waals surface area contributed by atoms with Crippen LogP contribution in [0.5, 0.6) is 11.9 Å². The van der Waals surface area contributed by atoms with E-state index in [1.165, 1.54) is 7.11 Å². The summed E-state index contributed by atoms with van der Waals surface area (Å²) in [5, 5.41) is 16.5. The number of hydrogen-bond donors (Lipinski definition) is 2. The maximum Gasteiger partial charge on any atom is 0.321 e. The molecule has 2 aliphatic rings. The van der Waals surface area contributed by atoms with Gasteiger partial charge in [0.1, 0.15) is 16.7 Å². The molecule has 10 heteroatoms. The third-order valence-electron chi connectivity index (χ3n) is 4.51. The Kier molecular flexibility index (Phi) is 5.88. The Balaban J connectivity index is 0.00000102. The van der Waals surface area contributed by atoms with Gasteiger partial charge in [0.2, 0.25) is 5.88 Å². The van der Waals surface area contributed by atoms with Crippen LogP contribution in [0.3, 0.4) is 0 Å². The average Bonchev–Trinajstić information content (AvgIpc) is 3.46. The zero-order valence-electron chi connectivity index (χ0n) is 15.5. The van der Waals surface area contributed by atoms with E-state index in [-0.39, 0.29) is 35.2 Å². The summed E-state index contributed by atoms with van der Waals surface area (Å²) in [7, 11) is 2.48. The van der Waals surface area contributed by atoms with Crippen LogP contribution in [-0.2, 0) is 4.74 Å². The van der Waals surface area contributed by atoms with Crippen molar-refractivity contribution in [1.82, 2.24) is 15.0 Å². The van der Waals surface area contributed by atoms with Gasteiger partial charge in [0, 0.05) is 20.3 Å². The summed E-state index contributed by atoms with van der Waals surface area (Å²) in [6.45, 7) is 2.35. The van der Waals surface area contributed by atoms with Gasteiger partial charge in [-0.2, -0.15) is 9.97 Å². The summed E-state index contributed by atoms with van der Waals surface area (Å²) >= 11 is 0. The minimum atomic E-state index is -0.594. The lowest BCUT2D eigenvalue weighted by molar-refractivity contribution is 0.0897. The number of halogens is 1. The summed E-state index contributed by atoms with van der Waals surface area (Å²) in [6.07, 6.45) is 1.88. The third kappa shape index (κ3) is 3.60. The lowest BCUT2D eigenvalue weighted by Crippen LogP contribution is -2.29. The molecule has 2 atom stereocenters. The Morgan fingerprint density at radius 2 is 2.07 bits per heavy atom. The van der Waals surface area contributed by atoms with Crippen LogP contribution in [0, 0.1) is 12.7 Å². The molecule has 148 valence electrons. The predicted molar refractivity (Wildman–Crippen MR) is 94.5 cm³/mol. The second-order valence-electron chi connectivity index (χ2n) is 6.11. The molecule has 2 aromatic rings. The zero-order valence-corrected chi connectivity index (χ0v) is 15.5. The van der Waals surface area contributed by atoms with E-state index in [9.17, 15) is 4.39 Å². The van der Waals surface area contributed by atoms with Crippen LogP contribution in [0.1, 0.15) is 18.5 Å². The first kappa shape index (κ1) is 19.5. The fraction of sp³-hybridized carbons (Fsp3) is 0.588. The molecule has 3 heterocycles. The molecule has 1 aliphatic heterocycles. The second-order valence-corrected chi connectivity index (χ2v) is 6.11. The van der Waals surface area contributed by atoms with E-state index in [0.29, 0.717) is 24.4 Å². The van der Waals surface area contributed by atoms with Crippen LogP contribution in [0.25, 0.3) is 10.9 Å². The number of methoxy groups -OCH3 is 1. The number of rotatable bonds is 4. The van der Waals surface area contributed by atoms with Crippen molar-refractivity contribution < 1.29 is 28.8 Å². The molecule has 2 aromatic heterocycles. The first-order chi connectivity index (χ1) is 13.1. The molecule has 9 nitrogen and oxygen atoms in total. The Morgan fingerprint density at radius 3 is 2.78 bits per heavy atom. The number of aliphatic hydroxyl groups excluding tert-OH is 2. The highest BCUT2D eigenvalue weighted by atomic mass is 19.1. The molecule has 1 aliphatic carbocycles. The number of aromatic nitrogens is 3. The minimum absolute atomic E-state index is 0.0696. The van der Waals surface area contributed by atoms with Crippen molar-refractivity contribution >= 4 is 16.7 Å². The van der Waals surface area contributed by atoms with Crippen LogP contribution in [0.15, 0.2) is 0 Å². The molecule has 27 heavy (non-hydrogen) atoms. The number of fused-ring (bicyclic) bond motifs is 2. The lowest BCUT2D eigenvalue weighted by atomic mass is 10.2. The highest BCUT2D eigenvalue weighted by Gasteiger charge is 2.46. The van der Waals surface area contributed by atoms with Crippen molar-refractivity contribution in [3.05, 3.63) is 11.5 Å². The van der Waals surface area contributed by atoms with Crippen molar-refractivity contribution in [2.45, 2.75) is 31.9 Å². The summed E-state index contributed by atoms with van der Waals surface area (Å²) in [5.41, 5.74) is 0.243. The number of ether oxygens (including phenoxy) is 3. The van der Waals surface area contributed by atoms with Gasteiger partial charge in [-0.1, -0.05) is 0 Å². The summed E-state index contributed by atoms with van der Waals surface area (Å²) in [5.74, 6) is 0.206. The Bertz CT molecular complexity index is 822. The molecular formula is C17H23FN4O5. The maximum atomic E-state index is 14.7. The summed E-state index contributed by atoms with van der Waals surface area (Å²) in [6, 6.07) is 0.0931. The molecule has 2 unspecified atom stereocenters. The highest BCUT2D eigenvalue weighted by molar-refractivity contribution is 5.95. The first-order valence-electron chi connectivity index (χ1n) is 8.62. The van der Waals surface area contributed by atoms with E-state index >= 15 is 0 Å². The van der Waals surface area contributed by atoms with Crippen molar-refractivity contribution in [3.63, 3.8) is 0 Å². The molecule has 0 bridgehead atoms. The number of aliphatic hydroxyl groups is 2. The number of pyridine rings is 1. The quantitative estimate of drug-likeness (QED) is 0.741. The average molecular weight is 382 g/mol. The van der Waals surface area contributed by atoms with E-state index in [2.05, 4.69) is 19.9 Å². The Labute approximate surface area is 155 Å². The van der Waals surface area contributed by atoms with Gasteiger partial charge < -0.3 is 29.3 Å². The van der Waals surface area contributed by atoms with E-state index in [4.69, 9.17) is 24.4 Å². The van der Waals surface area contributed by atoms with Crippen LogP contribution >= 0.6 is 0 Å². The van der Waals surface area contributed by atoms with Gasteiger partial charge in [0.15, 0.2) is 12.6 Å². The lowest BCUT2D eigenvalue weighted by Gasteiger charge is -2.24. The number of aryl methyl sites for hydroxylation is 1. The molecule has 1 saturated heterocycles. The second kappa shape index (κ2) is 8.15. The van der Waals surface area contributed by atoms with Crippen molar-refractivity contribution in [1.29, 1.82) is 0 Å². The smallest absolute Gasteiger partial charge is 0.321 e. The van der Waals surface area contributed by atoms with E-state index in [1.807, 2.05) is 0 Å². The largest absolute Gasteiger partial charge is 0.480 e. The normalized spacial score (nSPS) is 21.0. The van der Waals surface area contributed by atoms with Gasteiger partial charge in [-0.25, -0.2) is 9.37 Å². The van der Waals surface area contributed by atoms with Gasteiger partial charge in [-0.3, -0.25) is 0 Å². The zero-order chi connectivity index (χ0) is 19.6. The summed E-state index contributed by atoms with van der Waals surface area (Å²) in [4.78, 5) is 14.8. The Morgan fingerprint density at radius 1 is 1.30 bits per heavy atom. The molecule has 0 radical (unpaired) electrons. The molecule has 0 spiro atoms. The van der Waals surface area contributed by atoms with Crippen molar-refractivity contribution in [2.75, 3.05) is 39.1 Å². The molecule has 0 amide bonds. The van der Waals surface area contributed by atoms with Crippen LogP contribution in [0.2, 0.25) is 0 Å². The molecule has 4 rings (SSSR count). The standard InChI is InChI=1S/C16H19FN4O4.CH4O/c1-8-12(17)13-11(15(18-8)23-2)14(20-16(19-13)25-7-22)21-4-3-5-24-10-6-9(10)21;1-2/h9-10,22H,3-7H2,1-2H3;2H,1H3. The highest BCUT2D eigenvalue weighted by Crippen LogP contribution is 2.41. The van der Waals surface area contributed by atoms with Gasteiger partial charge >= 0.3 is 6.01 Å². The van der Waals surface area contributed by atoms with Crippen molar-refractivity contribution in [3.8, 4) is 11.9 Å². The van der Waals surface area contributed by atoms with E-state index < -0.39 is 12.6 Å². The monoisotopic (exact) mass is 382 g/mol. The molecule has 1 saturated carbocycles. The third-order valence-corrected chi connectivity index (χ3v) is 4.51. The van der Waals surface area contributed by atoms with E-state index in [1.54, 1.807) is 6.92 Å². The molecular weight excluding hydrogens is 359 g/mol. The maximum absolute atomic E-state index is 14.7.